The molecule has 0 aliphatic heterocycles. The van der Waals surface area contributed by atoms with Gasteiger partial charge in [0.25, 0.3) is 5.56 Å². The van der Waals surface area contributed by atoms with Gasteiger partial charge in [0.2, 0.25) is 0 Å². The molecule has 0 amide bonds. The van der Waals surface area contributed by atoms with Crippen LogP contribution in [0, 0.1) is 5.82 Å². The number of halogens is 1. The molecule has 0 saturated carbocycles. The Labute approximate surface area is 144 Å². The summed E-state index contributed by atoms with van der Waals surface area (Å²) in [5, 5.41) is 0. The summed E-state index contributed by atoms with van der Waals surface area (Å²) >= 11 is 0. The molecule has 0 saturated heterocycles. The summed E-state index contributed by atoms with van der Waals surface area (Å²) in [5.41, 5.74) is 1.37. The molecule has 1 unspecified atom stereocenters. The normalized spacial score (nSPS) is 11.9. The van der Waals surface area contributed by atoms with E-state index < -0.39 is 0 Å². The number of aromatic nitrogens is 2. The van der Waals surface area contributed by atoms with E-state index in [1.54, 1.807) is 12.1 Å². The summed E-state index contributed by atoms with van der Waals surface area (Å²) in [7, 11) is 0. The highest BCUT2D eigenvalue weighted by atomic mass is 19.1. The van der Waals surface area contributed by atoms with E-state index >= 15 is 0 Å². The summed E-state index contributed by atoms with van der Waals surface area (Å²) in [6.45, 7) is 1.89. The van der Waals surface area contributed by atoms with Crippen LogP contribution in [0.4, 0.5) is 4.39 Å². The van der Waals surface area contributed by atoms with E-state index in [9.17, 15) is 14.0 Å². The number of hydrogen-bond donors (Lipinski definition) is 1. The molecule has 0 radical (unpaired) electrons. The Morgan fingerprint density at radius 3 is 2.48 bits per heavy atom. The molecule has 1 atom stereocenters. The Balaban J connectivity index is 1.83. The van der Waals surface area contributed by atoms with Crippen LogP contribution in [-0.2, 0) is 0 Å². The minimum absolute atomic E-state index is 0.102. The second kappa shape index (κ2) is 7.21. The molecule has 0 bridgehead atoms. The first-order valence-electron chi connectivity index (χ1n) is 7.98. The van der Waals surface area contributed by atoms with Crippen molar-refractivity contribution in [2.24, 2.45) is 0 Å². The first-order chi connectivity index (χ1) is 12.0. The first kappa shape index (κ1) is 16.8. The van der Waals surface area contributed by atoms with Crippen LogP contribution < -0.4 is 5.56 Å². The van der Waals surface area contributed by atoms with Crippen molar-refractivity contribution in [1.29, 1.82) is 0 Å². The number of rotatable bonds is 5. The third-order valence-electron chi connectivity index (χ3n) is 4.01. The number of hydrogen-bond acceptors (Lipinski definition) is 3. The highest BCUT2D eigenvalue weighted by Gasteiger charge is 2.16. The Bertz CT molecular complexity index is 934. The zero-order chi connectivity index (χ0) is 17.8. The number of Topliss-reactive ketones (excluding diaryl/α,β-unsaturated/α-hetero) is 1. The van der Waals surface area contributed by atoms with Crippen molar-refractivity contribution < 1.29 is 9.18 Å². The van der Waals surface area contributed by atoms with Crippen LogP contribution in [-0.4, -0.2) is 15.8 Å². The minimum atomic E-state index is -0.369. The highest BCUT2D eigenvalue weighted by molar-refractivity contribution is 5.95. The van der Waals surface area contributed by atoms with E-state index in [-0.39, 0.29) is 35.2 Å². The fourth-order valence-electron chi connectivity index (χ4n) is 2.63. The second-order valence-electron chi connectivity index (χ2n) is 5.93. The third kappa shape index (κ3) is 4.07. The minimum Gasteiger partial charge on any atom is -0.306 e. The molecule has 3 aromatic rings. The van der Waals surface area contributed by atoms with Gasteiger partial charge in [-0.3, -0.25) is 9.59 Å². The summed E-state index contributed by atoms with van der Waals surface area (Å²) in [6.07, 6.45) is 0.191. The largest absolute Gasteiger partial charge is 0.306 e. The topological polar surface area (TPSA) is 62.8 Å². The molecule has 126 valence electrons. The van der Waals surface area contributed by atoms with Crippen molar-refractivity contribution in [3.63, 3.8) is 0 Å². The number of carbonyl (C=O) groups is 1. The molecule has 3 rings (SSSR count). The molecule has 5 heteroatoms. The lowest BCUT2D eigenvalue weighted by atomic mass is 9.94. The maximum atomic E-state index is 13.0. The standard InChI is InChI=1S/C20H17FN2O2/c1-13(14-7-9-16(21)10-8-14)11-18(24)17-12-19(25)23-20(22-17)15-5-3-2-4-6-15/h2-10,12-13H,11H2,1H3,(H,22,23,25). The van der Waals surface area contributed by atoms with Gasteiger partial charge in [-0.05, 0) is 23.6 Å². The predicted octanol–water partition coefficient (Wildman–Crippen LogP) is 3.95. The van der Waals surface area contributed by atoms with Gasteiger partial charge in [0, 0.05) is 18.1 Å². The molecular formula is C20H17FN2O2. The fraction of sp³-hybridized carbons (Fsp3) is 0.150. The summed E-state index contributed by atoms with van der Waals surface area (Å²) in [6, 6.07) is 16.4. The molecule has 4 nitrogen and oxygen atoms in total. The number of aromatic amines is 1. The smallest absolute Gasteiger partial charge is 0.251 e. The average Bonchev–Trinajstić information content (AvgIpc) is 2.62. The molecule has 1 heterocycles. The maximum absolute atomic E-state index is 13.0. The van der Waals surface area contributed by atoms with Gasteiger partial charge in [0.15, 0.2) is 5.78 Å². The van der Waals surface area contributed by atoms with Crippen molar-refractivity contribution in [2.75, 3.05) is 0 Å². The Morgan fingerprint density at radius 2 is 1.80 bits per heavy atom. The van der Waals surface area contributed by atoms with Crippen LogP contribution in [0.1, 0.15) is 35.3 Å². The Morgan fingerprint density at radius 1 is 1.12 bits per heavy atom. The van der Waals surface area contributed by atoms with Gasteiger partial charge in [0.1, 0.15) is 17.3 Å². The predicted molar refractivity (Wildman–Crippen MR) is 94.1 cm³/mol. The number of ketones is 1. The zero-order valence-electron chi connectivity index (χ0n) is 13.7. The lowest BCUT2D eigenvalue weighted by Crippen LogP contribution is -2.15. The molecule has 1 N–H and O–H groups in total. The van der Waals surface area contributed by atoms with E-state index in [2.05, 4.69) is 9.97 Å². The number of nitrogens with one attached hydrogen (secondary N) is 1. The van der Waals surface area contributed by atoms with Gasteiger partial charge in [0.05, 0.1) is 0 Å². The average molecular weight is 336 g/mol. The molecule has 0 fully saturated rings. The maximum Gasteiger partial charge on any atom is 0.251 e. The van der Waals surface area contributed by atoms with Gasteiger partial charge in [-0.1, -0.05) is 49.4 Å². The Hall–Kier alpha value is -3.08. The van der Waals surface area contributed by atoms with E-state index in [1.165, 1.54) is 18.2 Å². The lowest BCUT2D eigenvalue weighted by Gasteiger charge is -2.11. The Kier molecular flexibility index (Phi) is 4.84. The number of benzene rings is 2. The highest BCUT2D eigenvalue weighted by Crippen LogP contribution is 2.21. The number of H-pyrrole nitrogens is 1. The van der Waals surface area contributed by atoms with Crippen LogP contribution in [0.5, 0.6) is 0 Å². The quantitative estimate of drug-likeness (QED) is 0.718. The van der Waals surface area contributed by atoms with Gasteiger partial charge < -0.3 is 4.98 Å². The monoisotopic (exact) mass is 336 g/mol. The number of nitrogens with zero attached hydrogens (tertiary/aromatic N) is 1. The van der Waals surface area contributed by atoms with Crippen molar-refractivity contribution in [3.05, 3.63) is 88.1 Å². The number of carbonyl (C=O) groups excluding carboxylic acids is 1. The second-order valence-corrected chi connectivity index (χ2v) is 5.93. The van der Waals surface area contributed by atoms with Crippen LogP contribution in [0.25, 0.3) is 11.4 Å². The molecule has 1 aromatic heterocycles. The van der Waals surface area contributed by atoms with Gasteiger partial charge in [-0.15, -0.1) is 0 Å². The van der Waals surface area contributed by atoms with Crippen LogP contribution >= 0.6 is 0 Å². The molecule has 2 aromatic carbocycles. The van der Waals surface area contributed by atoms with E-state index in [0.717, 1.165) is 11.1 Å². The molecule has 0 spiro atoms. The fourth-order valence-corrected chi connectivity index (χ4v) is 2.63. The zero-order valence-corrected chi connectivity index (χ0v) is 13.7. The summed E-state index contributed by atoms with van der Waals surface area (Å²) in [5.74, 6) is -0.272. The molecule has 0 aliphatic carbocycles. The van der Waals surface area contributed by atoms with E-state index in [1.807, 2.05) is 37.3 Å². The van der Waals surface area contributed by atoms with Crippen LogP contribution in [0.2, 0.25) is 0 Å². The van der Waals surface area contributed by atoms with Crippen molar-refractivity contribution in [3.8, 4) is 11.4 Å². The third-order valence-corrected chi connectivity index (χ3v) is 4.01. The summed E-state index contributed by atoms with van der Waals surface area (Å²) < 4.78 is 13.0. The van der Waals surface area contributed by atoms with Crippen molar-refractivity contribution in [1.82, 2.24) is 9.97 Å². The van der Waals surface area contributed by atoms with Crippen LogP contribution in [0.3, 0.4) is 0 Å². The van der Waals surface area contributed by atoms with Crippen LogP contribution in [0.15, 0.2) is 65.5 Å². The molecule has 0 aliphatic rings. The molecular weight excluding hydrogens is 319 g/mol. The SMILES string of the molecule is CC(CC(=O)c1cc(=O)[nH]c(-c2ccccc2)n1)c1ccc(F)cc1. The van der Waals surface area contributed by atoms with Crippen molar-refractivity contribution >= 4 is 5.78 Å². The lowest BCUT2D eigenvalue weighted by molar-refractivity contribution is 0.0970. The molecule has 25 heavy (non-hydrogen) atoms. The van der Waals surface area contributed by atoms with Crippen molar-refractivity contribution in [2.45, 2.75) is 19.3 Å². The first-order valence-corrected chi connectivity index (χ1v) is 7.98. The van der Waals surface area contributed by atoms with Gasteiger partial charge in [-0.2, -0.15) is 0 Å². The van der Waals surface area contributed by atoms with Gasteiger partial charge in [-0.25, -0.2) is 9.37 Å². The van der Waals surface area contributed by atoms with E-state index in [0.29, 0.717) is 5.82 Å². The van der Waals surface area contributed by atoms with Gasteiger partial charge >= 0.3 is 0 Å². The summed E-state index contributed by atoms with van der Waals surface area (Å²) in [4.78, 5) is 31.4. The van der Waals surface area contributed by atoms with E-state index in [4.69, 9.17) is 0 Å².